The summed E-state index contributed by atoms with van der Waals surface area (Å²) in [6.07, 6.45) is 4.61. The second-order valence-corrected chi connectivity index (χ2v) is 5.02. The third-order valence-electron chi connectivity index (χ3n) is 3.74. The first-order valence-corrected chi connectivity index (χ1v) is 7.03. The van der Waals surface area contributed by atoms with E-state index in [-0.39, 0.29) is 6.04 Å². The van der Waals surface area contributed by atoms with Gasteiger partial charge in [-0.05, 0) is 29.7 Å². The molecule has 0 saturated heterocycles. The van der Waals surface area contributed by atoms with Crippen molar-refractivity contribution >= 4 is 10.8 Å². The van der Waals surface area contributed by atoms with Gasteiger partial charge in [-0.15, -0.1) is 0 Å². The lowest BCUT2D eigenvalue weighted by molar-refractivity contribution is 0.601. The van der Waals surface area contributed by atoms with E-state index in [1.54, 1.807) is 0 Å². The van der Waals surface area contributed by atoms with Crippen LogP contribution in [0.1, 0.15) is 24.4 Å². The van der Waals surface area contributed by atoms with Crippen LogP contribution < -0.4 is 5.73 Å². The molecule has 20 heavy (non-hydrogen) atoms. The Labute approximate surface area is 119 Å². The molecule has 102 valence electrons. The van der Waals surface area contributed by atoms with Crippen molar-refractivity contribution in [1.82, 2.24) is 9.55 Å². The predicted molar refractivity (Wildman–Crippen MR) is 82.5 cm³/mol. The molecule has 0 spiro atoms. The lowest BCUT2D eigenvalue weighted by Crippen LogP contribution is -2.18. The molecule has 1 heterocycles. The van der Waals surface area contributed by atoms with Crippen LogP contribution in [-0.4, -0.2) is 9.55 Å². The summed E-state index contributed by atoms with van der Waals surface area (Å²) in [5.74, 6) is 0.959. The number of rotatable bonds is 4. The van der Waals surface area contributed by atoms with Gasteiger partial charge >= 0.3 is 0 Å². The Bertz CT molecular complexity index is 710. The largest absolute Gasteiger partial charge is 0.334 e. The molecule has 2 N–H and O–H groups in total. The molecule has 0 amide bonds. The van der Waals surface area contributed by atoms with Crippen LogP contribution in [0.2, 0.25) is 0 Å². The SMILES string of the molecule is CCn1ccnc1C(N)Cc1cccc2ccccc12. The Balaban J connectivity index is 1.93. The van der Waals surface area contributed by atoms with Crippen molar-refractivity contribution in [1.29, 1.82) is 0 Å². The van der Waals surface area contributed by atoms with E-state index in [2.05, 4.69) is 58.9 Å². The summed E-state index contributed by atoms with van der Waals surface area (Å²) >= 11 is 0. The Morgan fingerprint density at radius 1 is 1.15 bits per heavy atom. The Hall–Kier alpha value is -2.13. The van der Waals surface area contributed by atoms with Gasteiger partial charge in [0.2, 0.25) is 0 Å². The van der Waals surface area contributed by atoms with Gasteiger partial charge in [0.05, 0.1) is 6.04 Å². The minimum absolute atomic E-state index is 0.0734. The molecular weight excluding hydrogens is 246 g/mol. The summed E-state index contributed by atoms with van der Waals surface area (Å²) in [7, 11) is 0. The summed E-state index contributed by atoms with van der Waals surface area (Å²) in [5, 5.41) is 2.54. The fourth-order valence-electron chi connectivity index (χ4n) is 2.72. The quantitative estimate of drug-likeness (QED) is 0.786. The van der Waals surface area contributed by atoms with Crippen LogP contribution in [0.4, 0.5) is 0 Å². The fourth-order valence-corrected chi connectivity index (χ4v) is 2.72. The summed E-state index contributed by atoms with van der Waals surface area (Å²) in [5.41, 5.74) is 7.63. The topological polar surface area (TPSA) is 43.8 Å². The van der Waals surface area contributed by atoms with E-state index in [0.717, 1.165) is 18.8 Å². The average Bonchev–Trinajstić information content (AvgIpc) is 2.96. The molecule has 3 nitrogen and oxygen atoms in total. The monoisotopic (exact) mass is 265 g/mol. The summed E-state index contributed by atoms with van der Waals surface area (Å²) in [6, 6.07) is 14.7. The highest BCUT2D eigenvalue weighted by Gasteiger charge is 2.13. The maximum absolute atomic E-state index is 6.36. The van der Waals surface area contributed by atoms with Crippen molar-refractivity contribution < 1.29 is 0 Å². The van der Waals surface area contributed by atoms with Gasteiger partial charge in [-0.2, -0.15) is 0 Å². The van der Waals surface area contributed by atoms with Crippen LogP contribution in [0.25, 0.3) is 10.8 Å². The van der Waals surface area contributed by atoms with Gasteiger partial charge in [-0.1, -0.05) is 42.5 Å². The number of fused-ring (bicyclic) bond motifs is 1. The maximum Gasteiger partial charge on any atom is 0.125 e. The number of nitrogens with zero attached hydrogens (tertiary/aromatic N) is 2. The van der Waals surface area contributed by atoms with Crippen molar-refractivity contribution in [2.24, 2.45) is 5.73 Å². The van der Waals surface area contributed by atoms with Crippen LogP contribution >= 0.6 is 0 Å². The second kappa shape index (κ2) is 5.47. The molecule has 1 unspecified atom stereocenters. The molecule has 3 rings (SSSR count). The highest BCUT2D eigenvalue weighted by Crippen LogP contribution is 2.23. The fraction of sp³-hybridized carbons (Fsp3) is 0.235. The van der Waals surface area contributed by atoms with Crippen molar-refractivity contribution in [3.8, 4) is 0 Å². The Kier molecular flexibility index (Phi) is 3.52. The van der Waals surface area contributed by atoms with E-state index >= 15 is 0 Å². The molecular formula is C17H19N3. The minimum atomic E-state index is -0.0734. The molecule has 3 heteroatoms. The normalized spacial score (nSPS) is 12.7. The molecule has 0 saturated carbocycles. The Morgan fingerprint density at radius 2 is 1.95 bits per heavy atom. The number of aryl methyl sites for hydroxylation is 1. The van der Waals surface area contributed by atoms with Gasteiger partial charge in [0.25, 0.3) is 0 Å². The van der Waals surface area contributed by atoms with E-state index in [9.17, 15) is 0 Å². The number of aromatic nitrogens is 2. The molecule has 2 aromatic carbocycles. The van der Waals surface area contributed by atoms with Crippen molar-refractivity contribution in [2.45, 2.75) is 25.9 Å². The molecule has 1 aromatic heterocycles. The van der Waals surface area contributed by atoms with Gasteiger partial charge in [0.15, 0.2) is 0 Å². The molecule has 3 aromatic rings. The lowest BCUT2D eigenvalue weighted by atomic mass is 9.99. The van der Waals surface area contributed by atoms with Crippen molar-refractivity contribution in [2.75, 3.05) is 0 Å². The molecule has 0 aliphatic carbocycles. The first kappa shape index (κ1) is 12.9. The first-order chi connectivity index (χ1) is 9.79. The average molecular weight is 265 g/mol. The molecule has 0 fully saturated rings. The van der Waals surface area contributed by atoms with E-state index in [1.807, 2.05) is 12.4 Å². The zero-order valence-electron chi connectivity index (χ0n) is 11.7. The number of hydrogen-bond acceptors (Lipinski definition) is 2. The van der Waals surface area contributed by atoms with Crippen LogP contribution in [0.3, 0.4) is 0 Å². The summed E-state index contributed by atoms with van der Waals surface area (Å²) in [4.78, 5) is 4.40. The van der Waals surface area contributed by atoms with Crippen molar-refractivity contribution in [3.05, 3.63) is 66.2 Å². The van der Waals surface area contributed by atoms with E-state index in [0.29, 0.717) is 0 Å². The van der Waals surface area contributed by atoms with E-state index in [1.165, 1.54) is 16.3 Å². The highest BCUT2D eigenvalue weighted by molar-refractivity contribution is 5.85. The molecule has 0 aliphatic rings. The summed E-state index contributed by atoms with van der Waals surface area (Å²) < 4.78 is 2.11. The minimum Gasteiger partial charge on any atom is -0.334 e. The van der Waals surface area contributed by atoms with Gasteiger partial charge in [-0.3, -0.25) is 0 Å². The lowest BCUT2D eigenvalue weighted by Gasteiger charge is -2.14. The molecule has 0 radical (unpaired) electrons. The zero-order chi connectivity index (χ0) is 13.9. The third kappa shape index (κ3) is 2.32. The van der Waals surface area contributed by atoms with Crippen molar-refractivity contribution in [3.63, 3.8) is 0 Å². The maximum atomic E-state index is 6.36. The van der Waals surface area contributed by atoms with Gasteiger partial charge < -0.3 is 10.3 Å². The predicted octanol–water partition coefficient (Wildman–Crippen LogP) is 3.30. The number of nitrogens with two attached hydrogens (primary N) is 1. The van der Waals surface area contributed by atoms with Gasteiger partial charge in [0, 0.05) is 18.9 Å². The van der Waals surface area contributed by atoms with Crippen LogP contribution in [-0.2, 0) is 13.0 Å². The standard InChI is InChI=1S/C17H19N3/c1-2-20-11-10-19-17(20)16(18)12-14-8-5-7-13-6-3-4-9-15(13)14/h3-11,16H,2,12,18H2,1H3. The number of benzene rings is 2. The van der Waals surface area contributed by atoms with Crippen LogP contribution in [0, 0.1) is 0 Å². The highest BCUT2D eigenvalue weighted by atomic mass is 15.1. The third-order valence-corrected chi connectivity index (χ3v) is 3.74. The summed E-state index contributed by atoms with van der Waals surface area (Å²) in [6.45, 7) is 3.01. The Morgan fingerprint density at radius 3 is 2.80 bits per heavy atom. The number of hydrogen-bond donors (Lipinski definition) is 1. The molecule has 1 atom stereocenters. The van der Waals surface area contributed by atoms with Crippen LogP contribution in [0.15, 0.2) is 54.9 Å². The second-order valence-electron chi connectivity index (χ2n) is 5.02. The van der Waals surface area contributed by atoms with Gasteiger partial charge in [0.1, 0.15) is 5.82 Å². The van der Waals surface area contributed by atoms with E-state index in [4.69, 9.17) is 5.73 Å². The van der Waals surface area contributed by atoms with E-state index < -0.39 is 0 Å². The molecule has 0 aliphatic heterocycles. The smallest absolute Gasteiger partial charge is 0.125 e. The molecule has 0 bridgehead atoms. The first-order valence-electron chi connectivity index (χ1n) is 7.03. The van der Waals surface area contributed by atoms with Gasteiger partial charge in [-0.25, -0.2) is 4.98 Å². The number of imidazole rings is 1. The zero-order valence-corrected chi connectivity index (χ0v) is 11.7. The van der Waals surface area contributed by atoms with Crippen LogP contribution in [0.5, 0.6) is 0 Å².